The normalized spacial score (nSPS) is 34.0. The largest absolute Gasteiger partial charge is 0.299 e. The summed E-state index contributed by atoms with van der Waals surface area (Å²) in [5.74, 6) is 1.01. The van der Waals surface area contributed by atoms with Crippen molar-refractivity contribution in [2.75, 3.05) is 0 Å². The van der Waals surface area contributed by atoms with Gasteiger partial charge in [-0.25, -0.2) is 0 Å². The quantitative estimate of drug-likeness (QED) is 0.464. The first-order valence-electron chi connectivity index (χ1n) is 8.65. The van der Waals surface area contributed by atoms with Crippen molar-refractivity contribution < 1.29 is 9.59 Å². The maximum Gasteiger partial charge on any atom is 0.160 e. The van der Waals surface area contributed by atoms with Crippen molar-refractivity contribution in [1.82, 2.24) is 0 Å². The Labute approximate surface area is 135 Å². The number of Topliss-reactive ketones (excluding diaryl/α,β-unsaturated/α-hetero) is 2. The third kappa shape index (κ3) is 3.26. The number of ketones is 2. The number of carbonyl (C=O) groups is 2. The average Bonchev–Trinajstić information content (AvgIpc) is 2.67. The summed E-state index contributed by atoms with van der Waals surface area (Å²) in [4.78, 5) is 25.5. The minimum atomic E-state index is -0.484. The Hall–Kier alpha value is -1.18. The Morgan fingerprint density at radius 1 is 1.23 bits per heavy atom. The van der Waals surface area contributed by atoms with E-state index >= 15 is 0 Å². The second kappa shape index (κ2) is 6.52. The van der Waals surface area contributed by atoms with Crippen LogP contribution in [-0.4, -0.2) is 11.6 Å². The Balaban J connectivity index is 2.43. The lowest BCUT2D eigenvalue weighted by atomic mass is 9.70. The first-order valence-corrected chi connectivity index (χ1v) is 8.65. The van der Waals surface area contributed by atoms with E-state index < -0.39 is 5.41 Å². The Morgan fingerprint density at radius 3 is 2.55 bits per heavy atom. The molecule has 2 aliphatic rings. The van der Waals surface area contributed by atoms with Crippen molar-refractivity contribution in [2.45, 2.75) is 73.1 Å². The second-order valence-corrected chi connectivity index (χ2v) is 7.88. The highest BCUT2D eigenvalue weighted by molar-refractivity contribution is 6.05. The van der Waals surface area contributed by atoms with E-state index in [0.717, 1.165) is 36.8 Å². The van der Waals surface area contributed by atoms with E-state index in [2.05, 4.69) is 19.9 Å². The minimum absolute atomic E-state index is 0.103. The minimum Gasteiger partial charge on any atom is -0.299 e. The third-order valence-electron chi connectivity index (χ3n) is 5.63. The molecule has 0 aliphatic heterocycles. The van der Waals surface area contributed by atoms with Crippen molar-refractivity contribution in [1.29, 1.82) is 0 Å². The molecular weight excluding hydrogens is 272 g/mol. The summed E-state index contributed by atoms with van der Waals surface area (Å²) >= 11 is 0. The van der Waals surface area contributed by atoms with E-state index in [0.29, 0.717) is 24.5 Å². The molecule has 0 heterocycles. The fourth-order valence-electron chi connectivity index (χ4n) is 4.19. The predicted octanol–water partition coefficient (Wildman–Crippen LogP) is 5.03. The Bertz CT molecular complexity index is 534. The van der Waals surface area contributed by atoms with Gasteiger partial charge in [0.1, 0.15) is 5.78 Å². The molecular formula is C20H30O2. The van der Waals surface area contributed by atoms with Crippen LogP contribution in [0.4, 0.5) is 0 Å². The molecule has 0 aromatic heterocycles. The Morgan fingerprint density at radius 2 is 1.91 bits per heavy atom. The molecule has 3 atom stereocenters. The molecule has 2 heteroatoms. The lowest BCUT2D eigenvalue weighted by molar-refractivity contribution is -0.132. The molecule has 0 bridgehead atoms. The van der Waals surface area contributed by atoms with Crippen LogP contribution in [0.2, 0.25) is 0 Å². The molecule has 3 unspecified atom stereocenters. The van der Waals surface area contributed by atoms with Crippen LogP contribution in [0.3, 0.4) is 0 Å². The molecule has 2 rings (SSSR count). The van der Waals surface area contributed by atoms with Gasteiger partial charge in [0.2, 0.25) is 0 Å². The van der Waals surface area contributed by atoms with Gasteiger partial charge in [-0.15, -0.1) is 0 Å². The van der Waals surface area contributed by atoms with Crippen LogP contribution < -0.4 is 0 Å². The van der Waals surface area contributed by atoms with E-state index in [1.165, 1.54) is 5.57 Å². The second-order valence-electron chi connectivity index (χ2n) is 7.88. The molecule has 2 nitrogen and oxygen atoms in total. The van der Waals surface area contributed by atoms with E-state index in [4.69, 9.17) is 0 Å². The van der Waals surface area contributed by atoms with Gasteiger partial charge >= 0.3 is 0 Å². The highest BCUT2D eigenvalue weighted by Gasteiger charge is 2.51. The molecule has 0 spiro atoms. The molecule has 0 aromatic carbocycles. The summed E-state index contributed by atoms with van der Waals surface area (Å²) in [6.45, 7) is 10.4. The summed E-state index contributed by atoms with van der Waals surface area (Å²) in [6, 6.07) is 0. The molecule has 22 heavy (non-hydrogen) atoms. The topological polar surface area (TPSA) is 34.1 Å². The van der Waals surface area contributed by atoms with E-state index in [1.54, 1.807) is 0 Å². The van der Waals surface area contributed by atoms with Gasteiger partial charge in [0.05, 0.1) is 0 Å². The fraction of sp³-hybridized carbons (Fsp3) is 0.700. The van der Waals surface area contributed by atoms with Crippen LogP contribution in [0.5, 0.6) is 0 Å². The zero-order chi connectivity index (χ0) is 16.5. The predicted molar refractivity (Wildman–Crippen MR) is 90.6 cm³/mol. The van der Waals surface area contributed by atoms with Crippen molar-refractivity contribution in [2.24, 2.45) is 17.3 Å². The number of hydrogen-bond donors (Lipinski definition) is 0. The van der Waals surface area contributed by atoms with Crippen LogP contribution in [0.1, 0.15) is 73.1 Å². The molecule has 0 radical (unpaired) electrons. The van der Waals surface area contributed by atoms with Crippen LogP contribution >= 0.6 is 0 Å². The molecule has 1 saturated carbocycles. The maximum atomic E-state index is 13.0. The van der Waals surface area contributed by atoms with Crippen LogP contribution in [0.25, 0.3) is 0 Å². The Kier molecular flexibility index (Phi) is 5.09. The first-order chi connectivity index (χ1) is 10.3. The first kappa shape index (κ1) is 17.2. The zero-order valence-corrected chi connectivity index (χ0v) is 14.8. The number of hydrogen-bond acceptors (Lipinski definition) is 2. The van der Waals surface area contributed by atoms with Gasteiger partial charge in [-0.1, -0.05) is 31.1 Å². The van der Waals surface area contributed by atoms with Crippen molar-refractivity contribution in [3.8, 4) is 0 Å². The zero-order valence-electron chi connectivity index (χ0n) is 14.8. The molecule has 0 amide bonds. The molecule has 2 aliphatic carbocycles. The van der Waals surface area contributed by atoms with Gasteiger partial charge in [-0.05, 0) is 57.9 Å². The fourth-order valence-corrected chi connectivity index (χ4v) is 4.19. The number of rotatable bonds is 0. The van der Waals surface area contributed by atoms with E-state index in [1.807, 2.05) is 20.8 Å². The average molecular weight is 302 g/mol. The summed E-state index contributed by atoms with van der Waals surface area (Å²) in [6.07, 6.45) is 7.39. The lowest BCUT2D eigenvalue weighted by Gasteiger charge is -2.31. The van der Waals surface area contributed by atoms with Gasteiger partial charge in [0.25, 0.3) is 0 Å². The standard InChI is InChI=1S/C20H30O2/c1-13(2)19-16-10-9-14(3)7-6-8-15(4)11-18(22)20(16,5)12-17(19)21/h7,15-16H,6,8-12H2,1-5H3. The number of carbonyl (C=O) groups excluding carboxylic acids is 2. The molecule has 122 valence electrons. The summed E-state index contributed by atoms with van der Waals surface area (Å²) in [5.41, 5.74) is 2.95. The van der Waals surface area contributed by atoms with Crippen LogP contribution in [0.15, 0.2) is 22.8 Å². The van der Waals surface area contributed by atoms with Gasteiger partial charge < -0.3 is 0 Å². The third-order valence-corrected chi connectivity index (χ3v) is 5.63. The van der Waals surface area contributed by atoms with Gasteiger partial charge in [0.15, 0.2) is 5.78 Å². The summed E-state index contributed by atoms with van der Waals surface area (Å²) in [5, 5.41) is 0. The summed E-state index contributed by atoms with van der Waals surface area (Å²) < 4.78 is 0. The van der Waals surface area contributed by atoms with Crippen molar-refractivity contribution in [3.05, 3.63) is 22.8 Å². The summed E-state index contributed by atoms with van der Waals surface area (Å²) in [7, 11) is 0. The van der Waals surface area contributed by atoms with E-state index in [9.17, 15) is 9.59 Å². The van der Waals surface area contributed by atoms with Gasteiger partial charge in [-0.3, -0.25) is 9.59 Å². The van der Waals surface area contributed by atoms with Crippen LogP contribution in [0, 0.1) is 17.3 Å². The number of allylic oxidation sites excluding steroid dienone is 4. The highest BCUT2D eigenvalue weighted by atomic mass is 16.1. The highest BCUT2D eigenvalue weighted by Crippen LogP contribution is 2.50. The SMILES string of the molecule is CC1=CCCC(C)CC(=O)C2(C)CC(=O)C(=C(C)C)C2CC1. The smallest absolute Gasteiger partial charge is 0.160 e. The monoisotopic (exact) mass is 302 g/mol. The maximum absolute atomic E-state index is 13.0. The van der Waals surface area contributed by atoms with Gasteiger partial charge in [-0.2, -0.15) is 0 Å². The van der Waals surface area contributed by atoms with Crippen molar-refractivity contribution in [3.63, 3.8) is 0 Å². The van der Waals surface area contributed by atoms with E-state index in [-0.39, 0.29) is 11.7 Å². The number of fused-ring (bicyclic) bond motifs is 1. The molecule has 0 saturated heterocycles. The molecule has 0 aromatic rings. The molecule has 0 N–H and O–H groups in total. The molecule has 1 fully saturated rings. The van der Waals surface area contributed by atoms with Gasteiger partial charge in [0, 0.05) is 24.2 Å². The van der Waals surface area contributed by atoms with Crippen LogP contribution in [-0.2, 0) is 9.59 Å². The van der Waals surface area contributed by atoms with Crippen molar-refractivity contribution >= 4 is 11.6 Å². The lowest BCUT2D eigenvalue weighted by Crippen LogP contribution is -2.33.